The van der Waals surface area contributed by atoms with Gasteiger partial charge in [0.2, 0.25) is 0 Å². The zero-order valence-corrected chi connectivity index (χ0v) is 54.9. The molecular weight excluding hydrogens is 1280 g/mol. The summed E-state index contributed by atoms with van der Waals surface area (Å²) < 4.78 is 8.06. The molecule has 10 heteroatoms. The molecule has 0 saturated carbocycles. The number of nitrogens with zero attached hydrogens (tertiary/aromatic N) is 6. The van der Waals surface area contributed by atoms with Gasteiger partial charge in [0.15, 0.2) is 0 Å². The molecule has 0 radical (unpaired) electrons. The zero-order chi connectivity index (χ0) is 62.5. The molecular formula is C85H56B2N6Se2. The summed E-state index contributed by atoms with van der Waals surface area (Å²) in [5.74, 6) is 0.918. The maximum atomic E-state index is 5.71. The fourth-order valence-corrected chi connectivity index (χ4v) is 21.3. The third kappa shape index (κ3) is 9.05. The molecule has 14 aromatic carbocycles. The van der Waals surface area contributed by atoms with Crippen LogP contribution in [0.5, 0.6) is 0 Å². The fraction of sp³-hybridized carbons (Fsp3) is 0. The Bertz CT molecular complexity index is 5120. The number of anilines is 12. The molecule has 0 spiro atoms. The van der Waals surface area contributed by atoms with Gasteiger partial charge < -0.3 is 0 Å². The third-order valence-electron chi connectivity index (χ3n) is 19.2. The van der Waals surface area contributed by atoms with Crippen LogP contribution in [0.2, 0.25) is 0 Å². The van der Waals surface area contributed by atoms with Crippen LogP contribution in [-0.2, 0) is 0 Å². The molecule has 95 heavy (non-hydrogen) atoms. The first-order valence-electron chi connectivity index (χ1n) is 32.4. The Balaban J connectivity index is 0.952. The molecule has 0 unspecified atom stereocenters. The number of imidazole rings is 1. The van der Waals surface area contributed by atoms with Crippen molar-refractivity contribution >= 4 is 173 Å². The van der Waals surface area contributed by atoms with Crippen LogP contribution < -0.4 is 70.2 Å². The Morgan fingerprint density at radius 3 is 1.12 bits per heavy atom. The molecule has 0 bridgehead atoms. The van der Waals surface area contributed by atoms with Crippen LogP contribution in [0, 0.1) is 0 Å². The molecule has 0 N–H and O–H groups in total. The Hall–Kier alpha value is -11.1. The SMILES string of the molecule is c1ccc(-c2nc3cccc(-c4c5c(cc6c4[Se]c4cc(N(c7ccccc7)c7ccccc7)cc7c4B6c4ccccc4N7c4ccccc4)B4c6ccccc6N(c6ccccc6)c6cc(N(c7ccccc7)c7ccccc7)cc(c64)[Se]5)c3n2-c2ccccc2)cc1. The van der Waals surface area contributed by atoms with Crippen LogP contribution in [0.1, 0.15) is 0 Å². The van der Waals surface area contributed by atoms with E-state index in [9.17, 15) is 0 Å². The van der Waals surface area contributed by atoms with Gasteiger partial charge in [-0.3, -0.25) is 0 Å². The third-order valence-corrected chi connectivity index (χ3v) is 24.2. The quantitative estimate of drug-likeness (QED) is 0.120. The van der Waals surface area contributed by atoms with Gasteiger partial charge in [-0.05, 0) is 0 Å². The second kappa shape index (κ2) is 22.9. The molecule has 0 fully saturated rings. The number of fused-ring (bicyclic) bond motifs is 9. The molecule has 19 rings (SSSR count). The van der Waals surface area contributed by atoms with Gasteiger partial charge in [-0.15, -0.1) is 0 Å². The summed E-state index contributed by atoms with van der Waals surface area (Å²) >= 11 is -0.497. The molecule has 0 aliphatic carbocycles. The van der Waals surface area contributed by atoms with Crippen LogP contribution in [-0.4, -0.2) is 52.9 Å². The molecule has 444 valence electrons. The summed E-state index contributed by atoms with van der Waals surface area (Å²) in [7, 11) is 0. The number of aromatic nitrogens is 2. The Labute approximate surface area is 566 Å². The van der Waals surface area contributed by atoms with Crippen molar-refractivity contribution in [3.05, 3.63) is 340 Å². The van der Waals surface area contributed by atoms with Gasteiger partial charge in [0.1, 0.15) is 0 Å². The Morgan fingerprint density at radius 1 is 0.305 bits per heavy atom. The summed E-state index contributed by atoms with van der Waals surface area (Å²) in [4.78, 5) is 15.7. The first-order chi connectivity index (χ1) is 47.2. The van der Waals surface area contributed by atoms with Crippen molar-refractivity contribution in [2.45, 2.75) is 0 Å². The summed E-state index contributed by atoms with van der Waals surface area (Å²) in [6.45, 7) is -0.221. The van der Waals surface area contributed by atoms with Crippen molar-refractivity contribution in [3.8, 4) is 28.2 Å². The average molecular weight is 1340 g/mol. The van der Waals surface area contributed by atoms with Gasteiger partial charge in [-0.1, -0.05) is 0 Å². The Morgan fingerprint density at radius 2 is 0.684 bits per heavy atom. The van der Waals surface area contributed by atoms with Gasteiger partial charge in [-0.2, -0.15) is 0 Å². The van der Waals surface area contributed by atoms with E-state index in [1.54, 1.807) is 0 Å². The molecule has 4 aliphatic rings. The first kappa shape index (κ1) is 55.5. The monoisotopic (exact) mass is 1340 g/mol. The molecule has 6 nitrogen and oxygen atoms in total. The minimum atomic E-state index is -0.249. The van der Waals surface area contributed by atoms with E-state index < -0.39 is 0 Å². The van der Waals surface area contributed by atoms with Gasteiger partial charge in [0.25, 0.3) is 0 Å². The second-order valence-electron chi connectivity index (χ2n) is 24.5. The number of hydrogen-bond donors (Lipinski definition) is 0. The van der Waals surface area contributed by atoms with Crippen molar-refractivity contribution in [2.24, 2.45) is 0 Å². The first-order valence-corrected chi connectivity index (χ1v) is 35.8. The number of para-hydroxylation sites is 10. The Kier molecular flexibility index (Phi) is 13.4. The maximum absolute atomic E-state index is 5.71. The molecule has 0 amide bonds. The van der Waals surface area contributed by atoms with Crippen LogP contribution in [0.3, 0.4) is 0 Å². The molecule has 4 aliphatic heterocycles. The van der Waals surface area contributed by atoms with E-state index in [0.717, 1.165) is 73.6 Å². The van der Waals surface area contributed by atoms with Crippen molar-refractivity contribution in [2.75, 3.05) is 19.6 Å². The van der Waals surface area contributed by atoms with E-state index in [0.29, 0.717) is 0 Å². The fourth-order valence-electron chi connectivity index (χ4n) is 15.3. The van der Waals surface area contributed by atoms with Crippen LogP contribution in [0.25, 0.3) is 39.2 Å². The van der Waals surface area contributed by atoms with Gasteiger partial charge in [-0.25, -0.2) is 0 Å². The summed E-state index contributed by atoms with van der Waals surface area (Å²) in [6.07, 6.45) is 0. The summed E-state index contributed by atoms with van der Waals surface area (Å²) in [5, 5.41) is 0. The molecule has 0 atom stereocenters. The van der Waals surface area contributed by atoms with Gasteiger partial charge >= 0.3 is 570 Å². The molecule has 15 aromatic rings. The summed E-state index contributed by atoms with van der Waals surface area (Å²) in [5.41, 5.74) is 28.6. The van der Waals surface area contributed by atoms with Crippen molar-refractivity contribution < 1.29 is 0 Å². The van der Waals surface area contributed by atoms with Crippen LogP contribution >= 0.6 is 0 Å². The normalized spacial score (nSPS) is 12.9. The van der Waals surface area contributed by atoms with Crippen molar-refractivity contribution in [3.63, 3.8) is 0 Å². The van der Waals surface area contributed by atoms with E-state index in [1.165, 1.54) is 84.5 Å². The zero-order valence-electron chi connectivity index (χ0n) is 51.5. The number of benzene rings is 14. The van der Waals surface area contributed by atoms with Gasteiger partial charge in [0, 0.05) is 0 Å². The molecule has 1 aromatic heterocycles. The van der Waals surface area contributed by atoms with E-state index in [-0.39, 0.29) is 43.3 Å². The van der Waals surface area contributed by atoms with Gasteiger partial charge in [0.05, 0.1) is 0 Å². The predicted octanol–water partition coefficient (Wildman–Crippen LogP) is 13.8. The van der Waals surface area contributed by atoms with E-state index >= 15 is 0 Å². The molecule has 5 heterocycles. The standard InChI is InChI=1S/C85H56B2N6Se2/c1-9-30-57(31-10-1)85-88-72-49-29-46-67(82(72)93(85)64-44-23-8-24-45-64)79-83-70(86-68-47-25-27-50-73(68)91(62-40-19-6-20-41-62)75-52-65(54-77(94-83)80(75)86)89(58-32-11-2-12-33-58)59-34-13-3-14-35-59)56-71-84(79)95-78-55-66(90(60-36-15-4-16-37-60)61-38-17-5-18-39-61)53-76-81(78)87(71)69-48-26-28-51-74(69)92(76)63-42-21-7-22-43-63/h1-56H. The van der Waals surface area contributed by atoms with Crippen LogP contribution in [0.15, 0.2) is 340 Å². The summed E-state index contributed by atoms with van der Waals surface area (Å²) in [6, 6.07) is 126. The number of hydrogen-bond acceptors (Lipinski definition) is 5. The van der Waals surface area contributed by atoms with Crippen molar-refractivity contribution in [1.82, 2.24) is 9.55 Å². The van der Waals surface area contributed by atoms with Crippen LogP contribution in [0.4, 0.5) is 68.2 Å². The minimum absolute atomic E-state index is 0.111. The van der Waals surface area contributed by atoms with Crippen molar-refractivity contribution in [1.29, 1.82) is 0 Å². The number of rotatable bonds is 11. The second-order valence-corrected chi connectivity index (χ2v) is 28.9. The van der Waals surface area contributed by atoms with E-state index in [1.807, 2.05) is 0 Å². The van der Waals surface area contributed by atoms with E-state index in [2.05, 4.69) is 364 Å². The predicted molar refractivity (Wildman–Crippen MR) is 403 cm³/mol. The topological polar surface area (TPSA) is 30.8 Å². The molecule has 0 saturated heterocycles. The van der Waals surface area contributed by atoms with E-state index in [4.69, 9.17) is 4.98 Å². The average Bonchev–Trinajstić information content (AvgIpc) is 0.996.